The van der Waals surface area contributed by atoms with E-state index in [-0.39, 0.29) is 0 Å². The highest BCUT2D eigenvalue weighted by Gasteiger charge is 2.23. The first-order chi connectivity index (χ1) is 7.42. The van der Waals surface area contributed by atoms with Crippen molar-refractivity contribution in [1.29, 1.82) is 0 Å². The highest BCUT2D eigenvalue weighted by atomic mass is 14.9. The molecule has 0 aliphatic heterocycles. The molecule has 0 bridgehead atoms. The summed E-state index contributed by atoms with van der Waals surface area (Å²) >= 11 is 0. The van der Waals surface area contributed by atoms with Crippen molar-refractivity contribution >= 4 is 0 Å². The van der Waals surface area contributed by atoms with Gasteiger partial charge in [-0.1, -0.05) is 30.3 Å². The molecule has 1 heterocycles. The first kappa shape index (κ1) is 8.78. The van der Waals surface area contributed by atoms with Crippen molar-refractivity contribution < 1.29 is 0 Å². The minimum atomic E-state index is 0.863. The quantitative estimate of drug-likeness (QED) is 0.710. The molecule has 0 unspecified atom stereocenters. The Hall–Kier alpha value is -1.50. The second kappa shape index (κ2) is 3.58. The summed E-state index contributed by atoms with van der Waals surface area (Å²) in [5.74, 6) is 0.863. The molecule has 0 atom stereocenters. The molecular weight excluding hydrogens is 182 g/mol. The van der Waals surface area contributed by atoms with Gasteiger partial charge in [0.15, 0.2) is 0 Å². The van der Waals surface area contributed by atoms with E-state index in [9.17, 15) is 0 Å². The standard InChI is InChI=1S/C14H15N/c1-2-4-12(5-3-1)10-15-9-8-14(11-15)13-6-7-13/h1-5,8-9,11,13H,6-7,10H2. The SMILES string of the molecule is c1ccc(Cn2ccc(C3CC3)c2)cc1. The fraction of sp³-hybridized carbons (Fsp3) is 0.286. The molecule has 0 radical (unpaired) electrons. The van der Waals surface area contributed by atoms with E-state index in [0.717, 1.165) is 12.5 Å². The monoisotopic (exact) mass is 197 g/mol. The topological polar surface area (TPSA) is 4.93 Å². The van der Waals surface area contributed by atoms with Crippen molar-refractivity contribution in [2.45, 2.75) is 25.3 Å². The summed E-state index contributed by atoms with van der Waals surface area (Å²) in [6.45, 7) is 0.994. The van der Waals surface area contributed by atoms with Gasteiger partial charge in [0.05, 0.1) is 0 Å². The third kappa shape index (κ3) is 1.96. The van der Waals surface area contributed by atoms with Gasteiger partial charge in [0, 0.05) is 18.9 Å². The van der Waals surface area contributed by atoms with Gasteiger partial charge >= 0.3 is 0 Å². The van der Waals surface area contributed by atoms with E-state index in [1.807, 2.05) is 0 Å². The maximum atomic E-state index is 2.30. The largest absolute Gasteiger partial charge is 0.350 e. The molecule has 15 heavy (non-hydrogen) atoms. The summed E-state index contributed by atoms with van der Waals surface area (Å²) in [5, 5.41) is 0. The Morgan fingerprint density at radius 1 is 1.07 bits per heavy atom. The first-order valence-electron chi connectivity index (χ1n) is 5.61. The Balaban J connectivity index is 1.76. The van der Waals surface area contributed by atoms with Gasteiger partial charge in [0.1, 0.15) is 0 Å². The number of aromatic nitrogens is 1. The van der Waals surface area contributed by atoms with Gasteiger partial charge in [0.25, 0.3) is 0 Å². The number of hydrogen-bond donors (Lipinski definition) is 0. The second-order valence-corrected chi connectivity index (χ2v) is 4.38. The van der Waals surface area contributed by atoms with Crippen molar-refractivity contribution in [3.8, 4) is 0 Å². The lowest BCUT2D eigenvalue weighted by atomic mass is 10.2. The lowest BCUT2D eigenvalue weighted by Crippen LogP contribution is -1.95. The summed E-state index contributed by atoms with van der Waals surface area (Å²) in [6.07, 6.45) is 7.26. The fourth-order valence-electron chi connectivity index (χ4n) is 2.01. The lowest BCUT2D eigenvalue weighted by molar-refractivity contribution is 0.802. The minimum Gasteiger partial charge on any atom is -0.350 e. The molecular formula is C14H15N. The number of nitrogens with zero attached hydrogens (tertiary/aromatic N) is 1. The molecule has 0 saturated heterocycles. The first-order valence-corrected chi connectivity index (χ1v) is 5.61. The highest BCUT2D eigenvalue weighted by molar-refractivity contribution is 5.22. The van der Waals surface area contributed by atoms with E-state index < -0.39 is 0 Å². The van der Waals surface area contributed by atoms with Crippen LogP contribution in [0.5, 0.6) is 0 Å². The third-order valence-corrected chi connectivity index (χ3v) is 3.03. The van der Waals surface area contributed by atoms with E-state index in [1.165, 1.54) is 24.0 Å². The molecule has 3 rings (SSSR count). The number of rotatable bonds is 3. The average molecular weight is 197 g/mol. The van der Waals surface area contributed by atoms with Crippen LogP contribution in [0, 0.1) is 0 Å². The molecule has 1 fully saturated rings. The predicted molar refractivity (Wildman–Crippen MR) is 62.0 cm³/mol. The maximum absolute atomic E-state index is 2.30. The van der Waals surface area contributed by atoms with Gasteiger partial charge in [-0.05, 0) is 36.0 Å². The Morgan fingerprint density at radius 2 is 1.87 bits per heavy atom. The summed E-state index contributed by atoms with van der Waals surface area (Å²) in [5.41, 5.74) is 2.89. The van der Waals surface area contributed by atoms with Crippen LogP contribution in [0.2, 0.25) is 0 Å². The molecule has 76 valence electrons. The van der Waals surface area contributed by atoms with Crippen molar-refractivity contribution in [2.24, 2.45) is 0 Å². The van der Waals surface area contributed by atoms with Crippen LogP contribution in [0.4, 0.5) is 0 Å². The molecule has 1 aliphatic carbocycles. The lowest BCUT2D eigenvalue weighted by Gasteiger charge is -2.02. The molecule has 1 saturated carbocycles. The zero-order chi connectivity index (χ0) is 10.1. The van der Waals surface area contributed by atoms with Gasteiger partial charge < -0.3 is 4.57 Å². The molecule has 1 heteroatoms. The minimum absolute atomic E-state index is 0.863. The Labute approximate surface area is 90.4 Å². The predicted octanol–water partition coefficient (Wildman–Crippen LogP) is 3.41. The smallest absolute Gasteiger partial charge is 0.0470 e. The molecule has 1 aromatic carbocycles. The van der Waals surface area contributed by atoms with E-state index >= 15 is 0 Å². The van der Waals surface area contributed by atoms with Crippen LogP contribution in [0.25, 0.3) is 0 Å². The van der Waals surface area contributed by atoms with Crippen molar-refractivity contribution in [3.05, 3.63) is 59.9 Å². The molecule has 2 aromatic rings. The number of hydrogen-bond acceptors (Lipinski definition) is 0. The van der Waals surface area contributed by atoms with Crippen LogP contribution in [-0.2, 0) is 6.54 Å². The highest BCUT2D eigenvalue weighted by Crippen LogP contribution is 2.40. The Kier molecular flexibility index (Phi) is 2.09. The van der Waals surface area contributed by atoms with E-state index in [0.29, 0.717) is 0 Å². The Bertz CT molecular complexity index is 437. The molecule has 1 nitrogen and oxygen atoms in total. The van der Waals surface area contributed by atoms with E-state index in [1.54, 1.807) is 0 Å². The summed E-state index contributed by atoms with van der Waals surface area (Å²) in [4.78, 5) is 0. The van der Waals surface area contributed by atoms with Crippen LogP contribution in [0.15, 0.2) is 48.8 Å². The van der Waals surface area contributed by atoms with E-state index in [4.69, 9.17) is 0 Å². The van der Waals surface area contributed by atoms with Gasteiger partial charge in [-0.3, -0.25) is 0 Å². The van der Waals surface area contributed by atoms with Crippen molar-refractivity contribution in [2.75, 3.05) is 0 Å². The fourth-order valence-corrected chi connectivity index (χ4v) is 2.01. The van der Waals surface area contributed by atoms with Gasteiger partial charge in [-0.15, -0.1) is 0 Å². The summed E-state index contributed by atoms with van der Waals surface area (Å²) in [6, 6.07) is 12.9. The molecule has 1 aromatic heterocycles. The average Bonchev–Trinajstić information content (AvgIpc) is 3.02. The van der Waals surface area contributed by atoms with Crippen LogP contribution in [-0.4, -0.2) is 4.57 Å². The Morgan fingerprint density at radius 3 is 2.60 bits per heavy atom. The van der Waals surface area contributed by atoms with Crippen LogP contribution in [0.1, 0.15) is 29.9 Å². The third-order valence-electron chi connectivity index (χ3n) is 3.03. The van der Waals surface area contributed by atoms with Crippen LogP contribution in [0.3, 0.4) is 0 Å². The molecule has 0 N–H and O–H groups in total. The summed E-state index contributed by atoms with van der Waals surface area (Å²) < 4.78 is 2.28. The number of benzene rings is 1. The van der Waals surface area contributed by atoms with E-state index in [2.05, 4.69) is 53.4 Å². The van der Waals surface area contributed by atoms with Gasteiger partial charge in [-0.25, -0.2) is 0 Å². The second-order valence-electron chi connectivity index (χ2n) is 4.38. The molecule has 0 amide bonds. The maximum Gasteiger partial charge on any atom is 0.0470 e. The zero-order valence-corrected chi connectivity index (χ0v) is 8.76. The van der Waals surface area contributed by atoms with Crippen molar-refractivity contribution in [1.82, 2.24) is 4.57 Å². The van der Waals surface area contributed by atoms with Gasteiger partial charge in [-0.2, -0.15) is 0 Å². The molecule has 1 aliphatic rings. The molecule has 0 spiro atoms. The van der Waals surface area contributed by atoms with Crippen LogP contribution >= 0.6 is 0 Å². The van der Waals surface area contributed by atoms with Crippen molar-refractivity contribution in [3.63, 3.8) is 0 Å². The normalized spacial score (nSPS) is 15.5. The summed E-state index contributed by atoms with van der Waals surface area (Å²) in [7, 11) is 0. The zero-order valence-electron chi connectivity index (χ0n) is 8.76. The van der Waals surface area contributed by atoms with Crippen LogP contribution < -0.4 is 0 Å². The van der Waals surface area contributed by atoms with Gasteiger partial charge in [0.2, 0.25) is 0 Å².